The minimum absolute atomic E-state index is 0.170. The first-order valence-corrected chi connectivity index (χ1v) is 10.4. The van der Waals surface area contributed by atoms with Crippen molar-refractivity contribution in [3.8, 4) is 11.3 Å². The van der Waals surface area contributed by atoms with E-state index in [4.69, 9.17) is 4.42 Å². The predicted octanol–water partition coefficient (Wildman–Crippen LogP) is 4.30. The maximum absolute atomic E-state index is 13.5. The SMILES string of the molecule is CN(C)CCNC(=O)c1c(-c2ccc(F)cc2)oc2cc3c(cc12)CCCCN3C. The summed E-state index contributed by atoms with van der Waals surface area (Å²) in [4.78, 5) is 17.5. The third kappa shape index (κ3) is 4.05. The Hall–Kier alpha value is -2.86. The van der Waals surface area contributed by atoms with Gasteiger partial charge in [0.05, 0.1) is 5.56 Å². The Morgan fingerprint density at radius 3 is 2.70 bits per heavy atom. The summed E-state index contributed by atoms with van der Waals surface area (Å²) in [5.74, 6) is -0.00722. The Bertz CT molecular complexity index is 1060. The van der Waals surface area contributed by atoms with Crippen LogP contribution in [0.25, 0.3) is 22.3 Å². The molecule has 1 aliphatic rings. The van der Waals surface area contributed by atoms with E-state index in [0.29, 0.717) is 29.0 Å². The number of carbonyl (C=O) groups is 1. The lowest BCUT2D eigenvalue weighted by molar-refractivity contribution is 0.0952. The van der Waals surface area contributed by atoms with Crippen LogP contribution >= 0.6 is 0 Å². The van der Waals surface area contributed by atoms with Crippen LogP contribution in [-0.4, -0.2) is 51.6 Å². The fourth-order valence-corrected chi connectivity index (χ4v) is 4.03. The number of aryl methyl sites for hydroxylation is 1. The van der Waals surface area contributed by atoms with Gasteiger partial charge in [-0.05, 0) is 69.3 Å². The molecule has 6 heteroatoms. The summed E-state index contributed by atoms with van der Waals surface area (Å²) in [7, 11) is 6.03. The molecule has 0 saturated carbocycles. The van der Waals surface area contributed by atoms with Crippen molar-refractivity contribution in [3.63, 3.8) is 0 Å². The summed E-state index contributed by atoms with van der Waals surface area (Å²) in [6.07, 6.45) is 3.25. The lowest BCUT2D eigenvalue weighted by atomic mass is 10.0. The fourth-order valence-electron chi connectivity index (χ4n) is 4.03. The highest BCUT2D eigenvalue weighted by Gasteiger charge is 2.24. The molecule has 158 valence electrons. The molecule has 2 aromatic carbocycles. The Labute approximate surface area is 176 Å². The second-order valence-corrected chi connectivity index (χ2v) is 8.23. The van der Waals surface area contributed by atoms with Gasteiger partial charge < -0.3 is 19.5 Å². The molecule has 0 saturated heterocycles. The standard InChI is InChI=1S/C24H28FN3O2/c1-27(2)13-11-26-24(29)22-19-14-17-6-4-5-12-28(3)20(17)15-21(19)30-23(22)16-7-9-18(25)10-8-16/h7-10,14-15H,4-6,11-13H2,1-3H3,(H,26,29). The molecule has 0 spiro atoms. The predicted molar refractivity (Wildman–Crippen MR) is 119 cm³/mol. The van der Waals surface area contributed by atoms with E-state index < -0.39 is 0 Å². The van der Waals surface area contributed by atoms with Crippen LogP contribution in [0.2, 0.25) is 0 Å². The van der Waals surface area contributed by atoms with E-state index in [-0.39, 0.29) is 11.7 Å². The first kappa shape index (κ1) is 20.4. The molecule has 1 amide bonds. The van der Waals surface area contributed by atoms with Gasteiger partial charge in [-0.15, -0.1) is 0 Å². The van der Waals surface area contributed by atoms with E-state index in [1.807, 2.05) is 25.1 Å². The molecule has 1 N–H and O–H groups in total. The summed E-state index contributed by atoms with van der Waals surface area (Å²) in [5.41, 5.74) is 4.27. The molecular formula is C24H28FN3O2. The van der Waals surface area contributed by atoms with Crippen molar-refractivity contribution in [2.45, 2.75) is 19.3 Å². The van der Waals surface area contributed by atoms with Crippen molar-refractivity contribution >= 4 is 22.6 Å². The van der Waals surface area contributed by atoms with Crippen molar-refractivity contribution in [2.24, 2.45) is 0 Å². The van der Waals surface area contributed by atoms with Crippen molar-refractivity contribution in [1.29, 1.82) is 0 Å². The van der Waals surface area contributed by atoms with Crippen LogP contribution in [0.3, 0.4) is 0 Å². The van der Waals surface area contributed by atoms with Crippen molar-refractivity contribution in [1.82, 2.24) is 10.2 Å². The third-order valence-electron chi connectivity index (χ3n) is 5.67. The quantitative estimate of drug-likeness (QED) is 0.683. The third-order valence-corrected chi connectivity index (χ3v) is 5.67. The zero-order chi connectivity index (χ0) is 21.3. The number of amides is 1. The number of nitrogens with zero attached hydrogens (tertiary/aromatic N) is 2. The maximum atomic E-state index is 13.5. The van der Waals surface area contributed by atoms with Gasteiger partial charge in [0.2, 0.25) is 0 Å². The highest BCUT2D eigenvalue weighted by molar-refractivity contribution is 6.11. The smallest absolute Gasteiger partial charge is 0.255 e. The normalized spacial score (nSPS) is 14.1. The van der Waals surface area contributed by atoms with E-state index in [9.17, 15) is 9.18 Å². The minimum atomic E-state index is -0.319. The molecule has 0 atom stereocenters. The molecule has 0 aliphatic carbocycles. The molecule has 0 bridgehead atoms. The number of likely N-dealkylation sites (N-methyl/N-ethyl adjacent to an activating group) is 1. The number of hydrogen-bond acceptors (Lipinski definition) is 4. The van der Waals surface area contributed by atoms with Gasteiger partial charge in [0, 0.05) is 49.4 Å². The number of carbonyl (C=O) groups excluding carboxylic acids is 1. The Balaban J connectivity index is 1.84. The molecule has 3 aromatic rings. The van der Waals surface area contributed by atoms with Gasteiger partial charge in [0.25, 0.3) is 5.91 Å². The largest absolute Gasteiger partial charge is 0.455 e. The molecule has 1 aromatic heterocycles. The zero-order valence-electron chi connectivity index (χ0n) is 17.8. The second kappa shape index (κ2) is 8.48. The minimum Gasteiger partial charge on any atom is -0.455 e. The van der Waals surface area contributed by atoms with E-state index >= 15 is 0 Å². The summed E-state index contributed by atoms with van der Waals surface area (Å²) in [5, 5.41) is 3.82. The van der Waals surface area contributed by atoms with Gasteiger partial charge in [-0.1, -0.05) is 0 Å². The number of nitrogens with one attached hydrogen (secondary N) is 1. The summed E-state index contributed by atoms with van der Waals surface area (Å²) >= 11 is 0. The van der Waals surface area contributed by atoms with Gasteiger partial charge in [-0.25, -0.2) is 4.39 Å². The Morgan fingerprint density at radius 1 is 1.20 bits per heavy atom. The zero-order valence-corrected chi connectivity index (χ0v) is 17.8. The first-order valence-electron chi connectivity index (χ1n) is 10.4. The van der Waals surface area contributed by atoms with E-state index in [0.717, 1.165) is 43.4 Å². The number of halogens is 1. The molecule has 1 aliphatic heterocycles. The molecule has 30 heavy (non-hydrogen) atoms. The van der Waals surface area contributed by atoms with Crippen LogP contribution in [0.4, 0.5) is 10.1 Å². The van der Waals surface area contributed by atoms with E-state index in [2.05, 4.69) is 23.3 Å². The van der Waals surface area contributed by atoms with Gasteiger partial charge in [-0.3, -0.25) is 4.79 Å². The fraction of sp³-hybridized carbons (Fsp3) is 0.375. The molecular weight excluding hydrogens is 381 g/mol. The number of hydrogen-bond donors (Lipinski definition) is 1. The summed E-state index contributed by atoms with van der Waals surface area (Å²) < 4.78 is 19.7. The van der Waals surface area contributed by atoms with Crippen molar-refractivity contribution in [3.05, 3.63) is 53.3 Å². The van der Waals surface area contributed by atoms with Crippen LogP contribution in [-0.2, 0) is 6.42 Å². The average Bonchev–Trinajstić information content (AvgIpc) is 2.99. The molecule has 2 heterocycles. The number of furan rings is 1. The lowest BCUT2D eigenvalue weighted by Gasteiger charge is -2.19. The van der Waals surface area contributed by atoms with Crippen LogP contribution in [0, 0.1) is 5.82 Å². The average molecular weight is 410 g/mol. The number of benzene rings is 2. The van der Waals surface area contributed by atoms with Crippen molar-refractivity contribution < 1.29 is 13.6 Å². The molecule has 0 unspecified atom stereocenters. The van der Waals surface area contributed by atoms with Crippen LogP contribution < -0.4 is 10.2 Å². The molecule has 5 nitrogen and oxygen atoms in total. The molecule has 0 radical (unpaired) electrons. The molecule has 0 fully saturated rings. The van der Waals surface area contributed by atoms with Gasteiger partial charge >= 0.3 is 0 Å². The topological polar surface area (TPSA) is 48.7 Å². The second-order valence-electron chi connectivity index (χ2n) is 8.23. The monoisotopic (exact) mass is 409 g/mol. The van der Waals surface area contributed by atoms with Crippen LogP contribution in [0.1, 0.15) is 28.8 Å². The summed E-state index contributed by atoms with van der Waals surface area (Å²) in [6, 6.07) is 10.2. The summed E-state index contributed by atoms with van der Waals surface area (Å²) in [6.45, 7) is 2.28. The molecule has 4 rings (SSSR count). The van der Waals surface area contributed by atoms with Gasteiger partial charge in [-0.2, -0.15) is 0 Å². The highest BCUT2D eigenvalue weighted by Crippen LogP contribution is 2.38. The van der Waals surface area contributed by atoms with E-state index in [1.165, 1.54) is 17.7 Å². The van der Waals surface area contributed by atoms with Crippen molar-refractivity contribution in [2.75, 3.05) is 45.7 Å². The lowest BCUT2D eigenvalue weighted by Crippen LogP contribution is -2.31. The van der Waals surface area contributed by atoms with Crippen LogP contribution in [0.5, 0.6) is 0 Å². The maximum Gasteiger partial charge on any atom is 0.255 e. The number of rotatable bonds is 5. The Morgan fingerprint density at radius 2 is 1.97 bits per heavy atom. The number of anilines is 1. The number of fused-ring (bicyclic) bond motifs is 2. The first-order chi connectivity index (χ1) is 14.4. The van der Waals surface area contributed by atoms with Crippen LogP contribution in [0.15, 0.2) is 40.8 Å². The van der Waals surface area contributed by atoms with Gasteiger partial charge in [0.15, 0.2) is 0 Å². The van der Waals surface area contributed by atoms with Gasteiger partial charge in [0.1, 0.15) is 17.2 Å². The van der Waals surface area contributed by atoms with E-state index in [1.54, 1.807) is 12.1 Å². The Kier molecular flexibility index (Phi) is 5.77. The highest BCUT2D eigenvalue weighted by atomic mass is 19.1.